The Kier molecular flexibility index (Phi) is 6.01. The molecule has 0 amide bonds. The third kappa shape index (κ3) is 5.55. The largest absolute Gasteiger partial charge is 0.480 e. The second kappa shape index (κ2) is 8.81. The van der Waals surface area contributed by atoms with Gasteiger partial charge in [-0.05, 0) is 24.3 Å². The molecule has 0 aliphatic heterocycles. The third-order valence-electron chi connectivity index (χ3n) is 3.27. The Morgan fingerprint density at radius 1 is 1.04 bits per heavy atom. The fraction of sp³-hybridized carbons (Fsp3) is 0.111. The maximum atomic E-state index is 11.9. The zero-order chi connectivity index (χ0) is 19.1. The van der Waals surface area contributed by atoms with E-state index >= 15 is 0 Å². The van der Waals surface area contributed by atoms with Crippen LogP contribution in [0, 0.1) is 0 Å². The highest BCUT2D eigenvalue weighted by Gasteiger charge is 2.10. The minimum atomic E-state index is -0.591. The van der Waals surface area contributed by atoms with Gasteiger partial charge >= 0.3 is 5.97 Å². The lowest BCUT2D eigenvalue weighted by molar-refractivity contribution is -0.147. The summed E-state index contributed by atoms with van der Waals surface area (Å²) in [4.78, 5) is 24.0. The number of halogens is 1. The summed E-state index contributed by atoms with van der Waals surface area (Å²) in [5.74, 6) is 0.294. The zero-order valence-electron chi connectivity index (χ0n) is 14.1. The summed E-state index contributed by atoms with van der Waals surface area (Å²) in [5, 5.41) is 3.41. The Labute approximate surface area is 160 Å². The van der Waals surface area contributed by atoms with Crippen molar-refractivity contribution in [2.45, 2.75) is 6.61 Å². The Bertz CT molecular complexity index is 924. The molecule has 3 rings (SSSR count). The number of anilines is 3. The lowest BCUT2D eigenvalue weighted by Gasteiger charge is -2.09. The molecular formula is C18H16ClN5O3. The van der Waals surface area contributed by atoms with E-state index in [1.54, 1.807) is 24.3 Å². The van der Waals surface area contributed by atoms with E-state index in [-0.39, 0.29) is 30.9 Å². The second-order valence-corrected chi connectivity index (χ2v) is 5.71. The Balaban J connectivity index is 1.55. The first kappa shape index (κ1) is 18.4. The van der Waals surface area contributed by atoms with Crippen LogP contribution in [0.4, 0.5) is 17.6 Å². The molecule has 0 fully saturated rings. The summed E-state index contributed by atoms with van der Waals surface area (Å²) < 4.78 is 10.4. The summed E-state index contributed by atoms with van der Waals surface area (Å²) in [5.41, 5.74) is 6.48. The SMILES string of the molecule is Nc1nc(COC(=O)COc2ccccc2Cl)nc(Nc2ccccc2)n1. The number of nitrogens with zero attached hydrogens (tertiary/aromatic N) is 3. The number of nitrogens with one attached hydrogen (secondary N) is 1. The van der Waals surface area contributed by atoms with Gasteiger partial charge in [-0.15, -0.1) is 0 Å². The van der Waals surface area contributed by atoms with E-state index in [9.17, 15) is 4.79 Å². The normalized spacial score (nSPS) is 10.3. The first-order valence-corrected chi connectivity index (χ1v) is 8.33. The van der Waals surface area contributed by atoms with Crippen molar-refractivity contribution in [3.05, 3.63) is 65.4 Å². The molecule has 0 radical (unpaired) electrons. The number of nitrogen functional groups attached to an aromatic ring is 1. The quantitative estimate of drug-likeness (QED) is 0.597. The molecule has 0 atom stereocenters. The number of ether oxygens (including phenoxy) is 2. The number of hydrogen-bond acceptors (Lipinski definition) is 8. The second-order valence-electron chi connectivity index (χ2n) is 5.30. The van der Waals surface area contributed by atoms with Crippen molar-refractivity contribution < 1.29 is 14.3 Å². The van der Waals surface area contributed by atoms with Crippen molar-refractivity contribution in [3.63, 3.8) is 0 Å². The fourth-order valence-corrected chi connectivity index (χ4v) is 2.28. The average Bonchev–Trinajstić information content (AvgIpc) is 2.66. The predicted octanol–water partition coefficient (Wildman–Crippen LogP) is 2.97. The molecule has 1 aromatic heterocycles. The molecule has 3 N–H and O–H groups in total. The number of nitrogens with two attached hydrogens (primary N) is 1. The van der Waals surface area contributed by atoms with E-state index in [2.05, 4.69) is 20.3 Å². The van der Waals surface area contributed by atoms with E-state index in [1.807, 2.05) is 30.3 Å². The summed E-state index contributed by atoms with van der Waals surface area (Å²) in [7, 11) is 0. The number of aromatic nitrogens is 3. The van der Waals surface area contributed by atoms with Crippen LogP contribution < -0.4 is 15.8 Å². The standard InChI is InChI=1S/C18H16ClN5O3/c19-13-8-4-5-9-14(13)26-11-16(25)27-10-15-22-17(20)24-18(23-15)21-12-6-2-1-3-7-12/h1-9H,10-11H2,(H3,20,21,22,23,24). The third-order valence-corrected chi connectivity index (χ3v) is 3.59. The smallest absolute Gasteiger partial charge is 0.344 e. The van der Waals surface area contributed by atoms with Crippen LogP contribution in [-0.4, -0.2) is 27.5 Å². The lowest BCUT2D eigenvalue weighted by Crippen LogP contribution is -2.16. The van der Waals surface area contributed by atoms with Gasteiger partial charge < -0.3 is 20.5 Å². The van der Waals surface area contributed by atoms with E-state index in [4.69, 9.17) is 26.8 Å². The highest BCUT2D eigenvalue weighted by Crippen LogP contribution is 2.23. The highest BCUT2D eigenvalue weighted by atomic mass is 35.5. The molecule has 0 bridgehead atoms. The minimum absolute atomic E-state index is 0.0156. The van der Waals surface area contributed by atoms with Gasteiger partial charge in [0.2, 0.25) is 11.9 Å². The number of carbonyl (C=O) groups excluding carboxylic acids is 1. The highest BCUT2D eigenvalue weighted by molar-refractivity contribution is 6.32. The summed E-state index contributed by atoms with van der Waals surface area (Å²) in [6.07, 6.45) is 0. The molecule has 0 saturated carbocycles. The van der Waals surface area contributed by atoms with Crippen LogP contribution in [0.3, 0.4) is 0 Å². The summed E-state index contributed by atoms with van der Waals surface area (Å²) in [6, 6.07) is 16.2. The van der Waals surface area contributed by atoms with Gasteiger partial charge in [-0.25, -0.2) is 4.79 Å². The molecule has 0 aliphatic carbocycles. The number of esters is 1. The van der Waals surface area contributed by atoms with Crippen molar-refractivity contribution >= 4 is 35.2 Å². The molecule has 3 aromatic rings. The van der Waals surface area contributed by atoms with Crippen LogP contribution in [0.25, 0.3) is 0 Å². The molecule has 27 heavy (non-hydrogen) atoms. The van der Waals surface area contributed by atoms with Gasteiger partial charge in [0.1, 0.15) is 5.75 Å². The van der Waals surface area contributed by atoms with Crippen molar-refractivity contribution in [1.29, 1.82) is 0 Å². The lowest BCUT2D eigenvalue weighted by atomic mass is 10.3. The molecule has 9 heteroatoms. The number of benzene rings is 2. The number of para-hydroxylation sites is 2. The fourth-order valence-electron chi connectivity index (χ4n) is 2.09. The van der Waals surface area contributed by atoms with Gasteiger partial charge in [0.05, 0.1) is 5.02 Å². The number of hydrogen-bond donors (Lipinski definition) is 2. The van der Waals surface area contributed by atoms with Crippen molar-refractivity contribution in [2.24, 2.45) is 0 Å². The molecule has 0 aliphatic rings. The average molecular weight is 386 g/mol. The van der Waals surface area contributed by atoms with Gasteiger partial charge in [0, 0.05) is 5.69 Å². The van der Waals surface area contributed by atoms with Crippen LogP contribution in [0.1, 0.15) is 5.82 Å². The van der Waals surface area contributed by atoms with Gasteiger partial charge in [-0.2, -0.15) is 15.0 Å². The first-order chi connectivity index (χ1) is 13.1. The van der Waals surface area contributed by atoms with E-state index in [1.165, 1.54) is 0 Å². The topological polar surface area (TPSA) is 112 Å². The van der Waals surface area contributed by atoms with Gasteiger partial charge in [0.15, 0.2) is 19.0 Å². The minimum Gasteiger partial charge on any atom is -0.480 e. The Morgan fingerprint density at radius 2 is 1.78 bits per heavy atom. The molecule has 1 heterocycles. The Hall–Kier alpha value is -3.39. The van der Waals surface area contributed by atoms with Gasteiger partial charge in [0.25, 0.3) is 0 Å². The molecular weight excluding hydrogens is 370 g/mol. The monoisotopic (exact) mass is 385 g/mol. The summed E-state index contributed by atoms with van der Waals surface area (Å²) >= 11 is 5.96. The van der Waals surface area contributed by atoms with Crippen LogP contribution in [0.2, 0.25) is 5.02 Å². The molecule has 2 aromatic carbocycles. The molecule has 138 valence electrons. The Morgan fingerprint density at radius 3 is 2.56 bits per heavy atom. The van der Waals surface area contributed by atoms with Gasteiger partial charge in [-0.3, -0.25) is 0 Å². The number of rotatable bonds is 7. The van der Waals surface area contributed by atoms with E-state index in [0.29, 0.717) is 10.8 Å². The number of carbonyl (C=O) groups is 1. The predicted molar refractivity (Wildman–Crippen MR) is 101 cm³/mol. The van der Waals surface area contributed by atoms with Crippen molar-refractivity contribution in [1.82, 2.24) is 15.0 Å². The maximum Gasteiger partial charge on any atom is 0.344 e. The first-order valence-electron chi connectivity index (χ1n) is 7.95. The molecule has 0 unspecified atom stereocenters. The van der Waals surface area contributed by atoms with E-state index in [0.717, 1.165) is 5.69 Å². The van der Waals surface area contributed by atoms with Crippen LogP contribution in [0.15, 0.2) is 54.6 Å². The molecule has 0 spiro atoms. The van der Waals surface area contributed by atoms with E-state index < -0.39 is 5.97 Å². The summed E-state index contributed by atoms with van der Waals surface area (Å²) in [6.45, 7) is -0.458. The van der Waals surface area contributed by atoms with Crippen LogP contribution in [-0.2, 0) is 16.1 Å². The van der Waals surface area contributed by atoms with Crippen LogP contribution in [0.5, 0.6) is 5.75 Å². The maximum absolute atomic E-state index is 11.9. The van der Waals surface area contributed by atoms with Crippen molar-refractivity contribution in [2.75, 3.05) is 17.7 Å². The van der Waals surface area contributed by atoms with Crippen LogP contribution >= 0.6 is 11.6 Å². The molecule has 8 nitrogen and oxygen atoms in total. The zero-order valence-corrected chi connectivity index (χ0v) is 14.9. The van der Waals surface area contributed by atoms with Crippen molar-refractivity contribution in [3.8, 4) is 5.75 Å². The van der Waals surface area contributed by atoms with Gasteiger partial charge in [-0.1, -0.05) is 41.9 Å². The molecule has 0 saturated heterocycles.